The van der Waals surface area contributed by atoms with Crippen molar-refractivity contribution in [1.29, 1.82) is 0 Å². The number of nitrogens with zero attached hydrogens (tertiary/aromatic N) is 4. The van der Waals surface area contributed by atoms with Gasteiger partial charge in [0.15, 0.2) is 0 Å². The number of hydrogen-bond donors (Lipinski definition) is 0. The van der Waals surface area contributed by atoms with Gasteiger partial charge < -0.3 is 9.80 Å². The van der Waals surface area contributed by atoms with Gasteiger partial charge >= 0.3 is 0 Å². The zero-order valence-corrected chi connectivity index (χ0v) is 17.8. The fourth-order valence-corrected chi connectivity index (χ4v) is 3.70. The van der Waals surface area contributed by atoms with E-state index in [0.29, 0.717) is 16.0 Å². The summed E-state index contributed by atoms with van der Waals surface area (Å²) in [4.78, 5) is 17.5. The first kappa shape index (κ1) is 20.2. The minimum atomic E-state index is 0.0718. The van der Waals surface area contributed by atoms with Crippen molar-refractivity contribution in [3.63, 3.8) is 0 Å². The molecule has 1 amide bonds. The standard InChI is InChI=1S/C20H26Cl2N4O/c1-13(2)11-18-19(20(27)25-9-7-24(4)8-10-25)14(3)26(23-18)15-5-6-16(21)17(22)12-15/h5-6,12-13H,7-11H2,1-4H3. The van der Waals surface area contributed by atoms with Gasteiger partial charge in [-0.2, -0.15) is 5.10 Å². The number of carbonyl (C=O) groups excluding carboxylic acids is 1. The van der Waals surface area contributed by atoms with Crippen molar-refractivity contribution in [3.05, 3.63) is 45.2 Å². The van der Waals surface area contributed by atoms with Crippen molar-refractivity contribution < 1.29 is 4.79 Å². The van der Waals surface area contributed by atoms with Gasteiger partial charge in [0.2, 0.25) is 0 Å². The quantitative estimate of drug-likeness (QED) is 0.765. The average molecular weight is 409 g/mol. The van der Waals surface area contributed by atoms with E-state index in [1.165, 1.54) is 0 Å². The lowest BCUT2D eigenvalue weighted by Gasteiger charge is -2.32. The third-order valence-electron chi connectivity index (χ3n) is 4.94. The number of amides is 1. The maximum absolute atomic E-state index is 13.3. The maximum Gasteiger partial charge on any atom is 0.257 e. The van der Waals surface area contributed by atoms with E-state index in [0.717, 1.165) is 55.2 Å². The van der Waals surface area contributed by atoms with Crippen molar-refractivity contribution in [2.75, 3.05) is 33.2 Å². The Labute approximate surface area is 170 Å². The number of benzene rings is 1. The van der Waals surface area contributed by atoms with Crippen LogP contribution in [0.1, 0.15) is 35.6 Å². The molecule has 2 heterocycles. The van der Waals surface area contributed by atoms with E-state index in [2.05, 4.69) is 25.8 Å². The fraction of sp³-hybridized carbons (Fsp3) is 0.500. The Morgan fingerprint density at radius 3 is 2.41 bits per heavy atom. The first-order chi connectivity index (χ1) is 12.8. The van der Waals surface area contributed by atoms with Crippen LogP contribution in [0.15, 0.2) is 18.2 Å². The minimum absolute atomic E-state index is 0.0718. The number of rotatable bonds is 4. The van der Waals surface area contributed by atoms with Gasteiger partial charge in [-0.3, -0.25) is 4.79 Å². The molecule has 0 spiro atoms. The molecule has 146 valence electrons. The molecule has 0 aliphatic carbocycles. The maximum atomic E-state index is 13.3. The van der Waals surface area contributed by atoms with Crippen molar-refractivity contribution in [3.8, 4) is 5.69 Å². The predicted molar refractivity (Wildman–Crippen MR) is 110 cm³/mol. The SMILES string of the molecule is Cc1c(C(=O)N2CCN(C)CC2)c(CC(C)C)nn1-c1ccc(Cl)c(Cl)c1. The Hall–Kier alpha value is -1.56. The number of piperazine rings is 1. The van der Waals surface area contributed by atoms with Crippen molar-refractivity contribution in [1.82, 2.24) is 19.6 Å². The summed E-state index contributed by atoms with van der Waals surface area (Å²) in [5, 5.41) is 5.75. The number of likely N-dealkylation sites (N-methyl/N-ethyl adjacent to an activating group) is 1. The molecule has 0 saturated carbocycles. The summed E-state index contributed by atoms with van der Waals surface area (Å²) in [6.45, 7) is 9.50. The van der Waals surface area contributed by atoms with E-state index in [4.69, 9.17) is 28.3 Å². The van der Waals surface area contributed by atoms with Gasteiger partial charge in [0.1, 0.15) is 0 Å². The van der Waals surface area contributed by atoms with Crippen molar-refractivity contribution in [2.45, 2.75) is 27.2 Å². The minimum Gasteiger partial charge on any atom is -0.336 e. The molecular formula is C20H26Cl2N4O. The number of carbonyl (C=O) groups is 1. The topological polar surface area (TPSA) is 41.4 Å². The van der Waals surface area contributed by atoms with Gasteiger partial charge in [-0.05, 0) is 44.5 Å². The molecule has 0 unspecified atom stereocenters. The Bertz CT molecular complexity index is 839. The second-order valence-corrected chi connectivity index (χ2v) is 8.43. The van der Waals surface area contributed by atoms with Crippen LogP contribution in [0.2, 0.25) is 10.0 Å². The fourth-order valence-electron chi connectivity index (χ4n) is 3.40. The lowest BCUT2D eigenvalue weighted by molar-refractivity contribution is 0.0662. The number of aromatic nitrogens is 2. The van der Waals surface area contributed by atoms with Crippen molar-refractivity contribution in [2.24, 2.45) is 5.92 Å². The molecule has 1 saturated heterocycles. The first-order valence-corrected chi connectivity index (χ1v) is 10.0. The zero-order chi connectivity index (χ0) is 19.7. The number of halogens is 2. The summed E-state index contributed by atoms with van der Waals surface area (Å²) in [7, 11) is 2.08. The molecule has 0 radical (unpaired) electrons. The lowest BCUT2D eigenvalue weighted by Crippen LogP contribution is -2.47. The van der Waals surface area contributed by atoms with Crippen LogP contribution < -0.4 is 0 Å². The molecule has 1 aliphatic heterocycles. The van der Waals surface area contributed by atoms with Crippen LogP contribution in [0.3, 0.4) is 0 Å². The van der Waals surface area contributed by atoms with E-state index in [1.54, 1.807) is 12.1 Å². The van der Waals surface area contributed by atoms with Crippen LogP contribution in [0.4, 0.5) is 0 Å². The van der Waals surface area contributed by atoms with Crippen LogP contribution in [0, 0.1) is 12.8 Å². The third kappa shape index (κ3) is 4.31. The molecule has 1 aliphatic rings. The van der Waals surface area contributed by atoms with Gasteiger partial charge in [-0.15, -0.1) is 0 Å². The average Bonchev–Trinajstić information content (AvgIpc) is 2.93. The Kier molecular flexibility index (Phi) is 6.14. The molecular weight excluding hydrogens is 383 g/mol. The summed E-state index contributed by atoms with van der Waals surface area (Å²) >= 11 is 12.2. The van der Waals surface area contributed by atoms with E-state index >= 15 is 0 Å². The highest BCUT2D eigenvalue weighted by Crippen LogP contribution is 2.27. The Morgan fingerprint density at radius 2 is 1.81 bits per heavy atom. The summed E-state index contributed by atoms with van der Waals surface area (Å²) in [5.41, 5.74) is 3.22. The van der Waals surface area contributed by atoms with Crippen LogP contribution in [-0.4, -0.2) is 58.7 Å². The first-order valence-electron chi connectivity index (χ1n) is 9.29. The molecule has 1 fully saturated rings. The summed E-state index contributed by atoms with van der Waals surface area (Å²) in [5.74, 6) is 0.475. The molecule has 0 bridgehead atoms. The second kappa shape index (κ2) is 8.21. The molecule has 27 heavy (non-hydrogen) atoms. The Balaban J connectivity index is 2.02. The van der Waals surface area contributed by atoms with Gasteiger partial charge in [0.25, 0.3) is 5.91 Å². The van der Waals surface area contributed by atoms with E-state index in [-0.39, 0.29) is 5.91 Å². The van der Waals surface area contributed by atoms with Crippen LogP contribution in [0.25, 0.3) is 5.69 Å². The molecule has 1 aromatic heterocycles. The van der Waals surface area contributed by atoms with Crippen LogP contribution >= 0.6 is 23.2 Å². The van der Waals surface area contributed by atoms with Gasteiger partial charge in [-0.25, -0.2) is 4.68 Å². The smallest absolute Gasteiger partial charge is 0.257 e. The molecule has 0 N–H and O–H groups in total. The summed E-state index contributed by atoms with van der Waals surface area (Å²) < 4.78 is 1.81. The molecule has 5 nitrogen and oxygen atoms in total. The predicted octanol–water partition coefficient (Wildman–Crippen LogP) is 4.07. The highest BCUT2D eigenvalue weighted by atomic mass is 35.5. The number of hydrogen-bond acceptors (Lipinski definition) is 3. The van der Waals surface area contributed by atoms with Gasteiger partial charge in [0.05, 0.1) is 32.7 Å². The van der Waals surface area contributed by atoms with Gasteiger partial charge in [0, 0.05) is 26.2 Å². The highest BCUT2D eigenvalue weighted by Gasteiger charge is 2.28. The monoisotopic (exact) mass is 408 g/mol. The normalized spacial score (nSPS) is 15.6. The van der Waals surface area contributed by atoms with Crippen LogP contribution in [0.5, 0.6) is 0 Å². The van der Waals surface area contributed by atoms with Gasteiger partial charge in [-0.1, -0.05) is 37.0 Å². The van der Waals surface area contributed by atoms with Crippen LogP contribution in [-0.2, 0) is 6.42 Å². The molecule has 1 aromatic carbocycles. The molecule has 2 aromatic rings. The molecule has 7 heteroatoms. The second-order valence-electron chi connectivity index (χ2n) is 7.61. The third-order valence-corrected chi connectivity index (χ3v) is 5.68. The molecule has 0 atom stereocenters. The summed E-state index contributed by atoms with van der Waals surface area (Å²) in [6, 6.07) is 5.41. The summed E-state index contributed by atoms with van der Waals surface area (Å²) in [6.07, 6.45) is 0.754. The Morgan fingerprint density at radius 1 is 1.15 bits per heavy atom. The molecule has 3 rings (SSSR count). The van der Waals surface area contributed by atoms with E-state index < -0.39 is 0 Å². The van der Waals surface area contributed by atoms with Crippen molar-refractivity contribution >= 4 is 29.1 Å². The zero-order valence-electron chi connectivity index (χ0n) is 16.3. The lowest BCUT2D eigenvalue weighted by atomic mass is 10.0. The van der Waals surface area contributed by atoms with E-state index in [9.17, 15) is 4.79 Å². The van der Waals surface area contributed by atoms with E-state index in [1.807, 2.05) is 22.6 Å². The highest BCUT2D eigenvalue weighted by molar-refractivity contribution is 6.42. The largest absolute Gasteiger partial charge is 0.336 e.